The number of allylic oxidation sites excluding steroid dienone is 2. The monoisotopic (exact) mass is 240 g/mol. The number of hydrogen-bond donors (Lipinski definition) is 1. The molecule has 4 rings (SSSR count). The van der Waals surface area contributed by atoms with Gasteiger partial charge in [0, 0.05) is 12.3 Å². The number of rotatable bonds is 1. The number of hydrogen-bond acceptors (Lipinski definition) is 3. The summed E-state index contributed by atoms with van der Waals surface area (Å²) in [4.78, 5) is 4.33. The van der Waals surface area contributed by atoms with Gasteiger partial charge in [0.15, 0.2) is 5.58 Å². The van der Waals surface area contributed by atoms with Gasteiger partial charge in [-0.15, -0.1) is 0 Å². The van der Waals surface area contributed by atoms with E-state index in [9.17, 15) is 0 Å². The Kier molecular flexibility index (Phi) is 2.27. The molecule has 0 saturated carbocycles. The third-order valence-corrected chi connectivity index (χ3v) is 4.23. The lowest BCUT2D eigenvalue weighted by Crippen LogP contribution is -2.16. The molecular weight excluding hydrogens is 224 g/mol. The van der Waals surface area contributed by atoms with Crippen LogP contribution in [0.3, 0.4) is 0 Å². The van der Waals surface area contributed by atoms with Crippen LogP contribution in [0.4, 0.5) is 0 Å². The van der Waals surface area contributed by atoms with Gasteiger partial charge in [-0.1, -0.05) is 6.08 Å². The zero-order valence-corrected chi connectivity index (χ0v) is 10.2. The molecule has 2 aliphatic rings. The van der Waals surface area contributed by atoms with Gasteiger partial charge in [-0.25, -0.2) is 0 Å². The molecule has 3 nitrogen and oxygen atoms in total. The van der Waals surface area contributed by atoms with Crippen molar-refractivity contribution in [2.24, 2.45) is 11.8 Å². The minimum Gasteiger partial charge on any atom is -0.455 e. The SMILES string of the molecule is C1=C(c2cc3ncccc3o2)CC2CNCC2C1. The summed E-state index contributed by atoms with van der Waals surface area (Å²) >= 11 is 0. The van der Waals surface area contributed by atoms with Crippen LogP contribution in [-0.4, -0.2) is 18.1 Å². The fourth-order valence-electron chi connectivity index (χ4n) is 3.19. The molecule has 2 aromatic heterocycles. The predicted octanol–water partition coefficient (Wildman–Crippen LogP) is 2.84. The van der Waals surface area contributed by atoms with Gasteiger partial charge in [0.1, 0.15) is 11.3 Å². The van der Waals surface area contributed by atoms with Gasteiger partial charge in [-0.3, -0.25) is 4.98 Å². The summed E-state index contributed by atoms with van der Waals surface area (Å²) in [5.74, 6) is 2.62. The van der Waals surface area contributed by atoms with Crippen LogP contribution in [0, 0.1) is 11.8 Å². The molecule has 0 spiro atoms. The van der Waals surface area contributed by atoms with Crippen molar-refractivity contribution in [3.05, 3.63) is 36.2 Å². The van der Waals surface area contributed by atoms with E-state index in [1.54, 1.807) is 0 Å². The Morgan fingerprint density at radius 2 is 2.22 bits per heavy atom. The highest BCUT2D eigenvalue weighted by molar-refractivity contribution is 5.78. The van der Waals surface area contributed by atoms with E-state index >= 15 is 0 Å². The maximum Gasteiger partial charge on any atom is 0.153 e. The quantitative estimate of drug-likeness (QED) is 0.833. The second kappa shape index (κ2) is 3.95. The molecular formula is C15H16N2O. The molecule has 18 heavy (non-hydrogen) atoms. The van der Waals surface area contributed by atoms with E-state index in [-0.39, 0.29) is 0 Å². The van der Waals surface area contributed by atoms with Gasteiger partial charge in [-0.2, -0.15) is 0 Å². The van der Waals surface area contributed by atoms with Crippen molar-refractivity contribution in [1.29, 1.82) is 0 Å². The Morgan fingerprint density at radius 1 is 1.28 bits per heavy atom. The van der Waals surface area contributed by atoms with Crippen LogP contribution in [0.5, 0.6) is 0 Å². The zero-order chi connectivity index (χ0) is 11.9. The second-order valence-electron chi connectivity index (χ2n) is 5.35. The first-order chi connectivity index (χ1) is 8.90. The average molecular weight is 240 g/mol. The zero-order valence-electron chi connectivity index (χ0n) is 10.2. The molecule has 1 aliphatic heterocycles. The van der Waals surface area contributed by atoms with E-state index in [4.69, 9.17) is 4.42 Å². The van der Waals surface area contributed by atoms with Gasteiger partial charge in [0.25, 0.3) is 0 Å². The normalized spacial score (nSPS) is 27.2. The third-order valence-electron chi connectivity index (χ3n) is 4.23. The minimum absolute atomic E-state index is 0.783. The van der Waals surface area contributed by atoms with Crippen LogP contribution >= 0.6 is 0 Å². The molecule has 2 unspecified atom stereocenters. The first kappa shape index (κ1) is 10.3. The van der Waals surface area contributed by atoms with Crippen molar-refractivity contribution in [3.63, 3.8) is 0 Å². The molecule has 1 fully saturated rings. The Labute approximate surface area is 106 Å². The fourth-order valence-corrected chi connectivity index (χ4v) is 3.19. The van der Waals surface area contributed by atoms with Crippen LogP contribution in [0.25, 0.3) is 16.7 Å². The van der Waals surface area contributed by atoms with Gasteiger partial charge in [-0.05, 0) is 55.5 Å². The third kappa shape index (κ3) is 1.58. The Morgan fingerprint density at radius 3 is 3.17 bits per heavy atom. The van der Waals surface area contributed by atoms with Crippen molar-refractivity contribution in [3.8, 4) is 0 Å². The van der Waals surface area contributed by atoms with Crippen LogP contribution in [0.15, 0.2) is 34.9 Å². The molecule has 2 atom stereocenters. The molecule has 0 amide bonds. The maximum absolute atomic E-state index is 5.90. The summed E-state index contributed by atoms with van der Waals surface area (Å²) < 4.78 is 5.90. The van der Waals surface area contributed by atoms with E-state index in [1.165, 1.54) is 18.5 Å². The highest BCUT2D eigenvalue weighted by atomic mass is 16.3. The molecule has 1 saturated heterocycles. The lowest BCUT2D eigenvalue weighted by molar-refractivity contribution is 0.413. The summed E-state index contributed by atoms with van der Waals surface area (Å²) in [7, 11) is 0. The number of aromatic nitrogens is 1. The molecule has 3 heterocycles. The largest absolute Gasteiger partial charge is 0.455 e. The fraction of sp³-hybridized carbons (Fsp3) is 0.400. The van der Waals surface area contributed by atoms with Gasteiger partial charge < -0.3 is 9.73 Å². The van der Waals surface area contributed by atoms with E-state index in [0.717, 1.165) is 41.7 Å². The topological polar surface area (TPSA) is 38.1 Å². The van der Waals surface area contributed by atoms with Crippen molar-refractivity contribution in [1.82, 2.24) is 10.3 Å². The van der Waals surface area contributed by atoms with E-state index in [2.05, 4.69) is 22.4 Å². The number of furan rings is 1. The summed E-state index contributed by atoms with van der Waals surface area (Å²) in [6.45, 7) is 2.33. The number of pyridine rings is 1. The molecule has 0 aromatic carbocycles. The van der Waals surface area contributed by atoms with E-state index in [1.807, 2.05) is 18.3 Å². The predicted molar refractivity (Wildman–Crippen MR) is 71.1 cm³/mol. The minimum atomic E-state index is 0.783. The number of fused-ring (bicyclic) bond motifs is 2. The lowest BCUT2D eigenvalue weighted by atomic mass is 9.81. The Hall–Kier alpha value is -1.61. The van der Waals surface area contributed by atoms with Crippen molar-refractivity contribution >= 4 is 16.7 Å². The number of nitrogens with zero attached hydrogens (tertiary/aromatic N) is 1. The summed E-state index contributed by atoms with van der Waals surface area (Å²) in [6.07, 6.45) is 6.48. The molecule has 2 aromatic rings. The van der Waals surface area contributed by atoms with E-state index in [0.29, 0.717) is 0 Å². The highest BCUT2D eigenvalue weighted by Crippen LogP contribution is 2.37. The Bertz CT molecular complexity index is 581. The van der Waals surface area contributed by atoms with Crippen LogP contribution in [0.2, 0.25) is 0 Å². The molecule has 3 heteroatoms. The summed E-state index contributed by atoms with van der Waals surface area (Å²) in [5, 5.41) is 3.49. The lowest BCUT2D eigenvalue weighted by Gasteiger charge is -2.23. The second-order valence-corrected chi connectivity index (χ2v) is 5.35. The van der Waals surface area contributed by atoms with E-state index < -0.39 is 0 Å². The summed E-state index contributed by atoms with van der Waals surface area (Å²) in [6, 6.07) is 5.97. The Balaban J connectivity index is 1.70. The first-order valence-electron chi connectivity index (χ1n) is 6.65. The van der Waals surface area contributed by atoms with Crippen LogP contribution < -0.4 is 5.32 Å². The average Bonchev–Trinajstić information content (AvgIpc) is 3.04. The van der Waals surface area contributed by atoms with Gasteiger partial charge in [0.2, 0.25) is 0 Å². The highest BCUT2D eigenvalue weighted by Gasteiger charge is 2.31. The molecule has 0 bridgehead atoms. The van der Waals surface area contributed by atoms with Gasteiger partial charge in [0.05, 0.1) is 0 Å². The molecule has 1 N–H and O–H groups in total. The van der Waals surface area contributed by atoms with Crippen molar-refractivity contribution in [2.45, 2.75) is 12.8 Å². The standard InChI is InChI=1S/C15H16N2O/c1-2-14-13(17-5-1)7-15(18-14)10-3-4-11-8-16-9-12(11)6-10/h1-3,5,7,11-12,16H,4,6,8-9H2. The smallest absolute Gasteiger partial charge is 0.153 e. The maximum atomic E-state index is 5.90. The van der Waals surface area contributed by atoms with Gasteiger partial charge >= 0.3 is 0 Å². The van der Waals surface area contributed by atoms with Crippen LogP contribution in [-0.2, 0) is 0 Å². The van der Waals surface area contributed by atoms with Crippen molar-refractivity contribution < 1.29 is 4.42 Å². The molecule has 1 aliphatic carbocycles. The first-order valence-corrected chi connectivity index (χ1v) is 6.65. The number of nitrogens with one attached hydrogen (secondary N) is 1. The molecule has 0 radical (unpaired) electrons. The van der Waals surface area contributed by atoms with Crippen LogP contribution in [0.1, 0.15) is 18.6 Å². The van der Waals surface area contributed by atoms with Crippen molar-refractivity contribution in [2.75, 3.05) is 13.1 Å². The molecule has 92 valence electrons. The summed E-state index contributed by atoms with van der Waals surface area (Å²) in [5.41, 5.74) is 3.21.